The molecule has 3 N–H and O–H groups in total. The summed E-state index contributed by atoms with van der Waals surface area (Å²) in [6.07, 6.45) is 3.24. The van der Waals surface area contributed by atoms with Crippen molar-refractivity contribution in [3.05, 3.63) is 52.6 Å². The molecule has 1 saturated carbocycles. The standard InChI is InChI=1S/C28H33N5O6/c1-15(34)27(36)32-20-6-4-18(5-7-20)26-12-23(33-39-26)22-11-24(31-16(2)30-22)28(37)29-13-17-3-8-25-19(9-17)10-21(35)14-38-25/h3,8-9,11,15,18,20,26,34H,4-7,10,12-14H2,1-2H3,(H,29,37)(H,32,36)/t15-,18?,20?,26?/m0/s1. The maximum absolute atomic E-state index is 12.9. The number of aromatic nitrogens is 2. The second-order valence-corrected chi connectivity index (χ2v) is 10.5. The lowest BCUT2D eigenvalue weighted by Gasteiger charge is -2.31. The molecule has 1 fully saturated rings. The molecule has 11 heteroatoms. The largest absolute Gasteiger partial charge is 0.486 e. The van der Waals surface area contributed by atoms with Gasteiger partial charge in [0, 0.05) is 31.0 Å². The van der Waals surface area contributed by atoms with Crippen molar-refractivity contribution in [2.75, 3.05) is 6.61 Å². The molecule has 0 bridgehead atoms. The van der Waals surface area contributed by atoms with E-state index < -0.39 is 6.10 Å². The minimum absolute atomic E-state index is 0.0302. The van der Waals surface area contributed by atoms with E-state index in [9.17, 15) is 19.5 Å². The van der Waals surface area contributed by atoms with Crippen molar-refractivity contribution in [3.8, 4) is 5.75 Å². The quantitative estimate of drug-likeness (QED) is 0.485. The summed E-state index contributed by atoms with van der Waals surface area (Å²) >= 11 is 0. The fourth-order valence-corrected chi connectivity index (χ4v) is 5.31. The summed E-state index contributed by atoms with van der Waals surface area (Å²) in [5, 5.41) is 19.5. The lowest BCUT2D eigenvalue weighted by atomic mass is 9.81. The van der Waals surface area contributed by atoms with Crippen molar-refractivity contribution < 1.29 is 29.1 Å². The van der Waals surface area contributed by atoms with Crippen molar-refractivity contribution in [3.63, 3.8) is 0 Å². The zero-order chi connectivity index (χ0) is 27.5. The zero-order valence-electron chi connectivity index (χ0n) is 22.1. The summed E-state index contributed by atoms with van der Waals surface area (Å²) < 4.78 is 5.43. The number of hydrogen-bond donors (Lipinski definition) is 3. The first kappa shape index (κ1) is 26.7. The van der Waals surface area contributed by atoms with Crippen LogP contribution in [0.3, 0.4) is 0 Å². The lowest BCUT2D eigenvalue weighted by molar-refractivity contribution is -0.129. The molecule has 3 heterocycles. The third-order valence-corrected chi connectivity index (χ3v) is 7.44. The lowest BCUT2D eigenvalue weighted by Crippen LogP contribution is -2.43. The molecule has 0 saturated heterocycles. The Morgan fingerprint density at radius 3 is 2.72 bits per heavy atom. The second-order valence-electron chi connectivity index (χ2n) is 10.5. The minimum Gasteiger partial charge on any atom is -0.486 e. The molecule has 2 aliphatic heterocycles. The van der Waals surface area contributed by atoms with E-state index in [1.54, 1.807) is 13.0 Å². The maximum atomic E-state index is 12.9. The molecule has 5 rings (SSSR count). The number of ether oxygens (including phenoxy) is 1. The molecule has 2 aromatic rings. The van der Waals surface area contributed by atoms with E-state index in [0.29, 0.717) is 41.7 Å². The van der Waals surface area contributed by atoms with Gasteiger partial charge in [0.25, 0.3) is 5.91 Å². The number of aliphatic hydroxyl groups is 1. The molecule has 11 nitrogen and oxygen atoms in total. The Balaban J connectivity index is 1.16. The minimum atomic E-state index is -1.01. The summed E-state index contributed by atoms with van der Waals surface area (Å²) in [5.74, 6) is 0.822. The average molecular weight is 536 g/mol. The number of nitrogens with zero attached hydrogens (tertiary/aromatic N) is 3. The molecule has 1 aliphatic carbocycles. The highest BCUT2D eigenvalue weighted by atomic mass is 16.6. The average Bonchev–Trinajstić information content (AvgIpc) is 3.42. The van der Waals surface area contributed by atoms with Gasteiger partial charge in [-0.2, -0.15) is 0 Å². The number of oxime groups is 1. The molecule has 1 aromatic heterocycles. The van der Waals surface area contributed by atoms with Gasteiger partial charge >= 0.3 is 0 Å². The van der Waals surface area contributed by atoms with Gasteiger partial charge in [-0.25, -0.2) is 9.97 Å². The van der Waals surface area contributed by atoms with Gasteiger partial charge in [0.1, 0.15) is 41.8 Å². The van der Waals surface area contributed by atoms with Crippen LogP contribution in [0.2, 0.25) is 0 Å². The third-order valence-electron chi connectivity index (χ3n) is 7.44. The van der Waals surface area contributed by atoms with Crippen LogP contribution < -0.4 is 15.4 Å². The SMILES string of the molecule is Cc1nc(C(=O)NCc2ccc3c(c2)CC(=O)CO3)cc(C2=NOC(C3CCC(NC(=O)[C@H](C)O)CC3)C2)n1. The normalized spacial score (nSPS) is 23.1. The first-order chi connectivity index (χ1) is 18.7. The Labute approximate surface area is 226 Å². The van der Waals surface area contributed by atoms with Gasteiger partial charge in [0.15, 0.2) is 5.78 Å². The Hall–Kier alpha value is -3.86. The third kappa shape index (κ3) is 6.42. The number of aliphatic hydroxyl groups excluding tert-OH is 1. The van der Waals surface area contributed by atoms with E-state index in [0.717, 1.165) is 36.8 Å². The molecule has 1 unspecified atom stereocenters. The molecule has 3 aliphatic rings. The molecular formula is C28H33N5O6. The molecule has 39 heavy (non-hydrogen) atoms. The maximum Gasteiger partial charge on any atom is 0.270 e. The molecule has 206 valence electrons. The van der Waals surface area contributed by atoms with Crippen LogP contribution in [0, 0.1) is 12.8 Å². The number of benzene rings is 1. The number of hydrogen-bond acceptors (Lipinski definition) is 9. The predicted octanol–water partition coefficient (Wildman–Crippen LogP) is 1.77. The Kier molecular flexibility index (Phi) is 7.87. The summed E-state index contributed by atoms with van der Waals surface area (Å²) in [7, 11) is 0. The molecule has 0 spiro atoms. The van der Waals surface area contributed by atoms with Crippen molar-refractivity contribution in [1.82, 2.24) is 20.6 Å². The van der Waals surface area contributed by atoms with Gasteiger partial charge < -0.3 is 25.3 Å². The molecule has 2 amide bonds. The summed E-state index contributed by atoms with van der Waals surface area (Å²) in [6, 6.07) is 7.26. The number of fused-ring (bicyclic) bond motifs is 1. The Morgan fingerprint density at radius 2 is 1.95 bits per heavy atom. The van der Waals surface area contributed by atoms with E-state index in [-0.39, 0.29) is 48.6 Å². The van der Waals surface area contributed by atoms with Crippen molar-refractivity contribution in [1.29, 1.82) is 0 Å². The van der Waals surface area contributed by atoms with Gasteiger partial charge in [-0.1, -0.05) is 11.2 Å². The monoisotopic (exact) mass is 535 g/mol. The first-order valence-electron chi connectivity index (χ1n) is 13.4. The van der Waals surface area contributed by atoms with Gasteiger partial charge in [-0.15, -0.1) is 0 Å². The number of carbonyl (C=O) groups is 3. The topological polar surface area (TPSA) is 152 Å². The summed E-state index contributed by atoms with van der Waals surface area (Å²) in [6.45, 7) is 3.58. The van der Waals surface area contributed by atoms with Gasteiger partial charge in [-0.05, 0) is 69.2 Å². The number of nitrogens with one attached hydrogen (secondary N) is 2. The summed E-state index contributed by atoms with van der Waals surface area (Å²) in [5.41, 5.74) is 3.18. The Morgan fingerprint density at radius 1 is 1.15 bits per heavy atom. The van der Waals surface area contributed by atoms with Crippen LogP contribution in [0.5, 0.6) is 5.75 Å². The van der Waals surface area contributed by atoms with Crippen molar-refractivity contribution in [2.24, 2.45) is 11.1 Å². The van der Waals surface area contributed by atoms with E-state index in [2.05, 4.69) is 25.8 Å². The highest BCUT2D eigenvalue weighted by Crippen LogP contribution is 2.33. The van der Waals surface area contributed by atoms with Crippen LogP contribution in [-0.4, -0.2) is 63.2 Å². The van der Waals surface area contributed by atoms with E-state index >= 15 is 0 Å². The predicted molar refractivity (Wildman–Crippen MR) is 140 cm³/mol. The fourth-order valence-electron chi connectivity index (χ4n) is 5.31. The molecule has 1 aromatic carbocycles. The van der Waals surface area contributed by atoms with Gasteiger partial charge in [0.05, 0.1) is 5.69 Å². The highest BCUT2D eigenvalue weighted by Gasteiger charge is 2.34. The van der Waals surface area contributed by atoms with Crippen LogP contribution in [0.4, 0.5) is 0 Å². The van der Waals surface area contributed by atoms with Crippen LogP contribution in [-0.2, 0) is 27.4 Å². The van der Waals surface area contributed by atoms with E-state index in [4.69, 9.17) is 9.57 Å². The number of ketones is 1. The Bertz CT molecular complexity index is 1300. The van der Waals surface area contributed by atoms with Crippen LogP contribution in [0.25, 0.3) is 0 Å². The van der Waals surface area contributed by atoms with E-state index in [1.807, 2.05) is 18.2 Å². The smallest absolute Gasteiger partial charge is 0.270 e. The van der Waals surface area contributed by atoms with Gasteiger partial charge in [-0.3, -0.25) is 14.4 Å². The molecule has 2 atom stereocenters. The van der Waals surface area contributed by atoms with Crippen molar-refractivity contribution in [2.45, 2.75) is 77.2 Å². The number of aryl methyl sites for hydroxylation is 1. The van der Waals surface area contributed by atoms with Crippen LogP contribution in [0.1, 0.15) is 72.2 Å². The second kappa shape index (κ2) is 11.5. The van der Waals surface area contributed by atoms with Crippen LogP contribution in [0.15, 0.2) is 29.4 Å². The molecule has 0 radical (unpaired) electrons. The van der Waals surface area contributed by atoms with Gasteiger partial charge in [0.2, 0.25) is 5.91 Å². The highest BCUT2D eigenvalue weighted by molar-refractivity contribution is 6.02. The van der Waals surface area contributed by atoms with Crippen LogP contribution >= 0.6 is 0 Å². The fraction of sp³-hybridized carbons (Fsp3) is 0.500. The zero-order valence-corrected chi connectivity index (χ0v) is 22.1. The first-order valence-corrected chi connectivity index (χ1v) is 13.4. The summed E-state index contributed by atoms with van der Waals surface area (Å²) in [4.78, 5) is 51.0. The number of carbonyl (C=O) groups excluding carboxylic acids is 3. The molecular weight excluding hydrogens is 502 g/mol. The van der Waals surface area contributed by atoms with Crippen molar-refractivity contribution >= 4 is 23.3 Å². The van der Waals surface area contributed by atoms with E-state index in [1.165, 1.54) is 6.92 Å². The number of amides is 2. The number of Topliss-reactive ketones (excluding diaryl/α,β-unsaturated/α-hetero) is 1. The number of rotatable bonds is 7.